The molecular formula is C26H23NO5. The van der Waals surface area contributed by atoms with Gasteiger partial charge in [-0.2, -0.15) is 0 Å². The quantitative estimate of drug-likeness (QED) is 0.308. The molecule has 3 aromatic rings. The lowest BCUT2D eigenvalue weighted by Gasteiger charge is -2.31. The summed E-state index contributed by atoms with van der Waals surface area (Å²) in [6, 6.07) is 24.4. The zero-order valence-electron chi connectivity index (χ0n) is 17.8. The summed E-state index contributed by atoms with van der Waals surface area (Å²) in [6.45, 7) is 1.66. The van der Waals surface area contributed by atoms with Crippen LogP contribution in [0.1, 0.15) is 39.3 Å². The van der Waals surface area contributed by atoms with Gasteiger partial charge in [-0.3, -0.25) is 14.4 Å². The molecular weight excluding hydrogens is 406 g/mol. The van der Waals surface area contributed by atoms with Gasteiger partial charge in [-0.05, 0) is 12.5 Å². The van der Waals surface area contributed by atoms with Crippen molar-refractivity contribution in [3.63, 3.8) is 0 Å². The van der Waals surface area contributed by atoms with E-state index in [-0.39, 0.29) is 11.1 Å². The van der Waals surface area contributed by atoms with Crippen LogP contribution in [-0.4, -0.2) is 41.4 Å². The van der Waals surface area contributed by atoms with Crippen molar-refractivity contribution in [3.8, 4) is 0 Å². The van der Waals surface area contributed by atoms with Gasteiger partial charge in [0.25, 0.3) is 11.7 Å². The zero-order chi connectivity index (χ0) is 23.1. The van der Waals surface area contributed by atoms with Gasteiger partial charge in [0.2, 0.25) is 5.78 Å². The molecule has 6 heteroatoms. The van der Waals surface area contributed by atoms with Crippen LogP contribution in [0.15, 0.2) is 91.0 Å². The molecule has 0 aliphatic rings. The number of hydrogen-bond acceptors (Lipinski definition) is 5. The second-order valence-electron chi connectivity index (χ2n) is 7.28. The first-order valence-electron chi connectivity index (χ1n) is 10.1. The van der Waals surface area contributed by atoms with E-state index < -0.39 is 35.6 Å². The number of carbonyl (C=O) groups is 4. The number of likely N-dealkylation sites (N-methyl/N-ethyl adjacent to an activating group) is 1. The molecule has 0 aromatic heterocycles. The van der Waals surface area contributed by atoms with Gasteiger partial charge in [-0.15, -0.1) is 0 Å². The number of carbonyl (C=O) groups excluding carboxylic acids is 4. The summed E-state index contributed by atoms with van der Waals surface area (Å²) in [5.41, 5.74) is 1.07. The van der Waals surface area contributed by atoms with Crippen molar-refractivity contribution >= 4 is 23.4 Å². The predicted molar refractivity (Wildman–Crippen MR) is 119 cm³/mol. The van der Waals surface area contributed by atoms with Gasteiger partial charge in [0.05, 0.1) is 6.04 Å². The molecule has 0 heterocycles. The summed E-state index contributed by atoms with van der Waals surface area (Å²) in [4.78, 5) is 51.8. The summed E-state index contributed by atoms with van der Waals surface area (Å²) < 4.78 is 5.58. The maximum atomic E-state index is 12.8. The Morgan fingerprint density at radius 1 is 0.688 bits per heavy atom. The van der Waals surface area contributed by atoms with Crippen LogP contribution in [0.5, 0.6) is 0 Å². The highest BCUT2D eigenvalue weighted by molar-refractivity contribution is 6.42. The van der Waals surface area contributed by atoms with Gasteiger partial charge in [-0.1, -0.05) is 91.0 Å². The second-order valence-corrected chi connectivity index (χ2v) is 7.28. The maximum absolute atomic E-state index is 12.8. The van der Waals surface area contributed by atoms with E-state index in [0.717, 1.165) is 0 Å². The van der Waals surface area contributed by atoms with E-state index in [0.29, 0.717) is 5.56 Å². The molecule has 0 spiro atoms. The van der Waals surface area contributed by atoms with Gasteiger partial charge in [-0.25, -0.2) is 4.79 Å². The molecule has 3 aromatic carbocycles. The first kappa shape index (κ1) is 22.6. The van der Waals surface area contributed by atoms with Crippen LogP contribution in [0, 0.1) is 0 Å². The molecule has 3 rings (SSSR count). The first-order chi connectivity index (χ1) is 15.4. The fraction of sp³-hybridized carbons (Fsp3) is 0.154. The van der Waals surface area contributed by atoms with Crippen LogP contribution in [0.3, 0.4) is 0 Å². The van der Waals surface area contributed by atoms with Crippen molar-refractivity contribution in [3.05, 3.63) is 108 Å². The molecule has 32 heavy (non-hydrogen) atoms. The number of Topliss-reactive ketones (excluding diaryl/α,β-unsaturated/α-hetero) is 2. The summed E-state index contributed by atoms with van der Waals surface area (Å²) >= 11 is 0. The topological polar surface area (TPSA) is 80.8 Å². The Hall–Kier alpha value is -4.06. The number of esters is 1. The van der Waals surface area contributed by atoms with Crippen LogP contribution in [-0.2, 0) is 14.3 Å². The fourth-order valence-electron chi connectivity index (χ4n) is 3.23. The average Bonchev–Trinajstić information content (AvgIpc) is 2.86. The third-order valence-corrected chi connectivity index (χ3v) is 5.18. The summed E-state index contributed by atoms with van der Waals surface area (Å²) in [6.07, 6.45) is -0.950. The zero-order valence-corrected chi connectivity index (χ0v) is 17.8. The minimum atomic E-state index is -1.04. The lowest BCUT2D eigenvalue weighted by Crippen LogP contribution is -2.44. The number of ether oxygens (including phenoxy) is 1. The Kier molecular flexibility index (Phi) is 7.29. The summed E-state index contributed by atoms with van der Waals surface area (Å²) in [5.74, 6) is -3.23. The highest BCUT2D eigenvalue weighted by atomic mass is 16.5. The molecule has 0 aliphatic carbocycles. The van der Waals surface area contributed by atoms with E-state index in [1.807, 2.05) is 0 Å². The monoisotopic (exact) mass is 429 g/mol. The van der Waals surface area contributed by atoms with Gasteiger partial charge in [0.1, 0.15) is 6.10 Å². The smallest absolute Gasteiger partial charge is 0.380 e. The Morgan fingerprint density at radius 3 is 1.62 bits per heavy atom. The number of ketones is 2. The molecule has 162 valence electrons. The Bertz CT molecular complexity index is 1100. The molecule has 0 radical (unpaired) electrons. The van der Waals surface area contributed by atoms with E-state index in [2.05, 4.69) is 0 Å². The van der Waals surface area contributed by atoms with E-state index in [1.165, 1.54) is 24.1 Å². The first-order valence-corrected chi connectivity index (χ1v) is 10.1. The highest BCUT2D eigenvalue weighted by Gasteiger charge is 2.33. The minimum Gasteiger partial charge on any atom is -0.449 e. The second kappa shape index (κ2) is 10.3. The number of amides is 1. The number of benzene rings is 3. The molecule has 6 nitrogen and oxygen atoms in total. The Balaban J connectivity index is 1.83. The average molecular weight is 429 g/mol. The van der Waals surface area contributed by atoms with E-state index >= 15 is 0 Å². The van der Waals surface area contributed by atoms with Crippen LogP contribution >= 0.6 is 0 Å². The molecule has 0 aliphatic heterocycles. The van der Waals surface area contributed by atoms with Crippen LogP contribution in [0.2, 0.25) is 0 Å². The molecule has 0 N–H and O–H groups in total. The number of rotatable bonds is 8. The Morgan fingerprint density at radius 2 is 1.12 bits per heavy atom. The lowest BCUT2D eigenvalue weighted by molar-refractivity contribution is -0.149. The molecule has 0 fully saturated rings. The third kappa shape index (κ3) is 5.16. The fourth-order valence-corrected chi connectivity index (χ4v) is 3.23. The SMILES string of the molecule is C[C@@H]([C@H](OC(=O)C(=O)c1ccccc1)c1ccccc1)N(C)C(=O)C(=O)c1ccccc1. The normalized spacial score (nSPS) is 12.3. The minimum absolute atomic E-state index is 0.209. The van der Waals surface area contributed by atoms with Crippen molar-refractivity contribution in [2.75, 3.05) is 7.05 Å². The van der Waals surface area contributed by atoms with Gasteiger partial charge >= 0.3 is 5.97 Å². The summed E-state index contributed by atoms with van der Waals surface area (Å²) in [7, 11) is 1.47. The molecule has 0 saturated heterocycles. The van der Waals surface area contributed by atoms with E-state index in [1.54, 1.807) is 85.8 Å². The predicted octanol–water partition coefficient (Wildman–Crippen LogP) is 3.88. The molecule has 2 atom stereocenters. The Labute approximate surface area is 186 Å². The molecule has 0 bridgehead atoms. The van der Waals surface area contributed by atoms with Crippen LogP contribution < -0.4 is 0 Å². The van der Waals surface area contributed by atoms with Crippen molar-refractivity contribution in [2.45, 2.75) is 19.1 Å². The standard InChI is InChI=1S/C26H23NO5/c1-18(27(2)25(30)22(28)19-12-6-3-7-13-19)24(21-16-10-5-11-17-21)32-26(31)23(29)20-14-8-4-9-15-20/h3-18,24H,1-2H3/t18-,24-/m0/s1. The van der Waals surface area contributed by atoms with E-state index in [9.17, 15) is 19.2 Å². The van der Waals surface area contributed by atoms with Crippen molar-refractivity contribution in [1.29, 1.82) is 0 Å². The van der Waals surface area contributed by atoms with Gasteiger partial charge < -0.3 is 9.64 Å². The molecule has 1 amide bonds. The number of nitrogens with zero attached hydrogens (tertiary/aromatic N) is 1. The lowest BCUT2D eigenvalue weighted by atomic mass is 10.0. The van der Waals surface area contributed by atoms with Crippen molar-refractivity contribution < 1.29 is 23.9 Å². The van der Waals surface area contributed by atoms with Crippen LogP contribution in [0.4, 0.5) is 0 Å². The highest BCUT2D eigenvalue weighted by Crippen LogP contribution is 2.26. The molecule has 0 unspecified atom stereocenters. The van der Waals surface area contributed by atoms with Crippen molar-refractivity contribution in [2.24, 2.45) is 0 Å². The van der Waals surface area contributed by atoms with Gasteiger partial charge in [0, 0.05) is 18.2 Å². The number of hydrogen-bond donors (Lipinski definition) is 0. The maximum Gasteiger partial charge on any atom is 0.380 e. The third-order valence-electron chi connectivity index (χ3n) is 5.18. The van der Waals surface area contributed by atoms with E-state index in [4.69, 9.17) is 4.74 Å². The van der Waals surface area contributed by atoms with Gasteiger partial charge in [0.15, 0.2) is 0 Å². The molecule has 0 saturated carbocycles. The largest absolute Gasteiger partial charge is 0.449 e. The summed E-state index contributed by atoms with van der Waals surface area (Å²) in [5, 5.41) is 0. The van der Waals surface area contributed by atoms with Crippen LogP contribution in [0.25, 0.3) is 0 Å². The van der Waals surface area contributed by atoms with Crippen molar-refractivity contribution in [1.82, 2.24) is 4.90 Å².